The fourth-order valence-electron chi connectivity index (χ4n) is 4.04. The van der Waals surface area contributed by atoms with Crippen molar-refractivity contribution in [3.63, 3.8) is 0 Å². The molecule has 1 unspecified atom stereocenters. The molecule has 2 aliphatic heterocycles. The molecule has 0 N–H and O–H groups in total. The van der Waals surface area contributed by atoms with Crippen LogP contribution >= 0.6 is 0 Å². The van der Waals surface area contributed by atoms with Gasteiger partial charge in [0, 0.05) is 6.54 Å². The van der Waals surface area contributed by atoms with Crippen molar-refractivity contribution in [3.8, 4) is 6.07 Å². The van der Waals surface area contributed by atoms with Gasteiger partial charge in [-0.05, 0) is 58.5 Å². The molecule has 0 bridgehead atoms. The summed E-state index contributed by atoms with van der Waals surface area (Å²) in [6, 6.07) is 2.48. The second kappa shape index (κ2) is 5.07. The topological polar surface area (TPSA) is 36.3 Å². The first-order valence-electron chi connectivity index (χ1n) is 7.95. The van der Waals surface area contributed by atoms with E-state index in [9.17, 15) is 0 Å². The summed E-state index contributed by atoms with van der Waals surface area (Å²) >= 11 is 0. The van der Waals surface area contributed by atoms with Crippen LogP contribution in [-0.4, -0.2) is 36.2 Å². The Morgan fingerprint density at radius 1 is 1.16 bits per heavy atom. The average molecular weight is 262 g/mol. The second-order valence-corrected chi connectivity index (χ2v) is 7.14. The van der Waals surface area contributed by atoms with E-state index in [1.54, 1.807) is 0 Å². The van der Waals surface area contributed by atoms with Crippen molar-refractivity contribution in [1.82, 2.24) is 4.90 Å². The molecule has 0 aromatic heterocycles. The summed E-state index contributed by atoms with van der Waals surface area (Å²) in [6.45, 7) is 5.32. The van der Waals surface area contributed by atoms with E-state index in [1.807, 2.05) is 0 Å². The van der Waals surface area contributed by atoms with Crippen LogP contribution in [-0.2, 0) is 4.74 Å². The normalized spacial score (nSPS) is 33.6. The fourth-order valence-corrected chi connectivity index (χ4v) is 4.04. The van der Waals surface area contributed by atoms with Gasteiger partial charge in [-0.3, -0.25) is 0 Å². The highest BCUT2D eigenvalue weighted by atomic mass is 16.5. The minimum atomic E-state index is -0.0836. The van der Waals surface area contributed by atoms with Crippen molar-refractivity contribution in [2.45, 2.75) is 70.0 Å². The number of likely N-dealkylation sites (tertiary alicyclic amines) is 1. The summed E-state index contributed by atoms with van der Waals surface area (Å²) in [4.78, 5) is 2.51. The molecule has 1 atom stereocenters. The number of hydrogen-bond acceptors (Lipinski definition) is 3. The number of nitrogens with zero attached hydrogens (tertiary/aromatic N) is 2. The van der Waals surface area contributed by atoms with Crippen LogP contribution in [0.4, 0.5) is 0 Å². The molecule has 0 aromatic rings. The third kappa shape index (κ3) is 2.80. The molecular formula is C16H26N2O. The van der Waals surface area contributed by atoms with Crippen molar-refractivity contribution >= 4 is 0 Å². The number of ether oxygens (including phenoxy) is 1. The van der Waals surface area contributed by atoms with Crippen LogP contribution in [0.15, 0.2) is 0 Å². The van der Waals surface area contributed by atoms with Crippen molar-refractivity contribution < 1.29 is 4.74 Å². The highest BCUT2D eigenvalue weighted by Gasteiger charge is 2.42. The van der Waals surface area contributed by atoms with Crippen LogP contribution in [0.3, 0.4) is 0 Å². The lowest BCUT2D eigenvalue weighted by atomic mass is 9.82. The van der Waals surface area contributed by atoms with Gasteiger partial charge in [0.25, 0.3) is 0 Å². The van der Waals surface area contributed by atoms with E-state index in [1.165, 1.54) is 38.5 Å². The van der Waals surface area contributed by atoms with Gasteiger partial charge in [0.2, 0.25) is 0 Å². The molecule has 3 fully saturated rings. The Bertz CT molecular complexity index is 359. The van der Waals surface area contributed by atoms with E-state index in [4.69, 9.17) is 10.00 Å². The number of hydrogen-bond donors (Lipinski definition) is 0. The van der Waals surface area contributed by atoms with Crippen LogP contribution in [0.5, 0.6) is 0 Å². The lowest BCUT2D eigenvalue weighted by Gasteiger charge is -2.36. The van der Waals surface area contributed by atoms with Crippen molar-refractivity contribution in [1.29, 1.82) is 5.26 Å². The van der Waals surface area contributed by atoms with E-state index in [-0.39, 0.29) is 11.0 Å². The van der Waals surface area contributed by atoms with Crippen LogP contribution in [0.25, 0.3) is 0 Å². The number of rotatable bonds is 2. The predicted octanol–water partition coefficient (Wildman–Crippen LogP) is 3.10. The highest BCUT2D eigenvalue weighted by Crippen LogP contribution is 2.43. The summed E-state index contributed by atoms with van der Waals surface area (Å²) in [6.07, 6.45) is 10.3. The smallest absolute Gasteiger partial charge is 0.0710 e. The monoisotopic (exact) mass is 262 g/mol. The molecule has 3 heteroatoms. The Labute approximate surface area is 116 Å². The van der Waals surface area contributed by atoms with Gasteiger partial charge in [-0.1, -0.05) is 12.8 Å². The highest BCUT2D eigenvalue weighted by molar-refractivity contribution is 4.99. The van der Waals surface area contributed by atoms with Crippen LogP contribution in [0, 0.1) is 16.7 Å². The molecule has 1 spiro atoms. The lowest BCUT2D eigenvalue weighted by molar-refractivity contribution is -0.0507. The first-order valence-corrected chi connectivity index (χ1v) is 7.95. The summed E-state index contributed by atoms with van der Waals surface area (Å²) in [7, 11) is 0. The van der Waals surface area contributed by atoms with E-state index in [2.05, 4.69) is 17.9 Å². The molecule has 1 aliphatic carbocycles. The molecule has 2 saturated heterocycles. The largest absolute Gasteiger partial charge is 0.370 e. The molecule has 3 aliphatic rings. The lowest BCUT2D eigenvalue weighted by Crippen LogP contribution is -2.42. The van der Waals surface area contributed by atoms with Crippen molar-refractivity contribution in [2.24, 2.45) is 5.41 Å². The van der Waals surface area contributed by atoms with E-state index >= 15 is 0 Å². The summed E-state index contributed by atoms with van der Waals surface area (Å²) in [5, 5.41) is 9.17. The fraction of sp³-hybridized carbons (Fsp3) is 0.938. The standard InChI is InChI=1S/C16H26N2O/c1-15(13-17)8-10-18(11-9-15)12-14-4-7-16(19-14)5-2-3-6-16/h14H,2-12H2,1H3. The van der Waals surface area contributed by atoms with Gasteiger partial charge in [0.05, 0.1) is 23.2 Å². The summed E-state index contributed by atoms with van der Waals surface area (Å²) < 4.78 is 6.38. The Kier molecular flexibility index (Phi) is 3.57. The minimum absolute atomic E-state index is 0.0836. The molecular weight excluding hydrogens is 236 g/mol. The maximum absolute atomic E-state index is 9.17. The van der Waals surface area contributed by atoms with Gasteiger partial charge < -0.3 is 9.64 Å². The first-order chi connectivity index (χ1) is 9.13. The quantitative estimate of drug-likeness (QED) is 0.767. The zero-order valence-corrected chi connectivity index (χ0v) is 12.2. The zero-order valence-electron chi connectivity index (χ0n) is 12.2. The van der Waals surface area contributed by atoms with Gasteiger partial charge in [-0.25, -0.2) is 0 Å². The maximum Gasteiger partial charge on any atom is 0.0710 e. The van der Waals surface area contributed by atoms with Gasteiger partial charge in [0.1, 0.15) is 0 Å². The molecule has 0 amide bonds. The Morgan fingerprint density at radius 3 is 2.47 bits per heavy atom. The molecule has 0 aromatic carbocycles. The summed E-state index contributed by atoms with van der Waals surface area (Å²) in [5.41, 5.74) is 0.182. The van der Waals surface area contributed by atoms with Gasteiger partial charge >= 0.3 is 0 Å². The first kappa shape index (κ1) is 13.4. The number of piperidine rings is 1. The minimum Gasteiger partial charge on any atom is -0.370 e. The molecule has 19 heavy (non-hydrogen) atoms. The van der Waals surface area contributed by atoms with Crippen LogP contribution in [0.2, 0.25) is 0 Å². The van der Waals surface area contributed by atoms with Crippen LogP contribution in [0.1, 0.15) is 58.3 Å². The number of nitriles is 1. The van der Waals surface area contributed by atoms with Crippen molar-refractivity contribution in [3.05, 3.63) is 0 Å². The third-order valence-electron chi connectivity index (χ3n) is 5.54. The van der Waals surface area contributed by atoms with E-state index in [0.717, 1.165) is 32.5 Å². The summed E-state index contributed by atoms with van der Waals surface area (Å²) in [5.74, 6) is 0. The predicted molar refractivity (Wildman–Crippen MR) is 74.7 cm³/mol. The Balaban J connectivity index is 1.47. The zero-order chi connectivity index (χ0) is 13.3. The van der Waals surface area contributed by atoms with E-state index in [0.29, 0.717) is 6.10 Å². The molecule has 3 nitrogen and oxygen atoms in total. The maximum atomic E-state index is 9.17. The average Bonchev–Trinajstić information content (AvgIpc) is 3.04. The molecule has 106 valence electrons. The van der Waals surface area contributed by atoms with Gasteiger partial charge in [0.15, 0.2) is 0 Å². The van der Waals surface area contributed by atoms with Gasteiger partial charge in [-0.15, -0.1) is 0 Å². The van der Waals surface area contributed by atoms with Gasteiger partial charge in [-0.2, -0.15) is 5.26 Å². The Morgan fingerprint density at radius 2 is 1.84 bits per heavy atom. The molecule has 0 radical (unpaired) electrons. The Hall–Kier alpha value is -0.590. The van der Waals surface area contributed by atoms with Crippen molar-refractivity contribution in [2.75, 3.05) is 19.6 Å². The SMILES string of the molecule is CC1(C#N)CCN(CC2CCC3(CCCC3)O2)CC1. The molecule has 2 heterocycles. The second-order valence-electron chi connectivity index (χ2n) is 7.14. The molecule has 1 saturated carbocycles. The molecule has 3 rings (SSSR count). The third-order valence-corrected chi connectivity index (χ3v) is 5.54. The van der Waals surface area contributed by atoms with E-state index < -0.39 is 0 Å². The van der Waals surface area contributed by atoms with Crippen LogP contribution < -0.4 is 0 Å².